The minimum atomic E-state index is -0.292. The van der Waals surface area contributed by atoms with Gasteiger partial charge in [0.25, 0.3) is 0 Å². The fraction of sp³-hybridized carbons (Fsp3) is 0.0800. The molecule has 0 aliphatic heterocycles. The monoisotopic (exact) mass is 458 g/mol. The topological polar surface area (TPSA) is 81.7 Å². The third-order valence-corrected chi connectivity index (χ3v) is 5.52. The summed E-state index contributed by atoms with van der Waals surface area (Å²) in [7, 11) is 0. The smallest absolute Gasteiger partial charge is 0.225 e. The average molecular weight is 459 g/mol. The van der Waals surface area contributed by atoms with E-state index < -0.39 is 0 Å². The van der Waals surface area contributed by atoms with E-state index in [-0.39, 0.29) is 5.82 Å². The predicted molar refractivity (Wildman–Crippen MR) is 129 cm³/mol. The highest BCUT2D eigenvalue weighted by molar-refractivity contribution is 6.30. The Kier molecular flexibility index (Phi) is 5.62. The lowest BCUT2D eigenvalue weighted by Crippen LogP contribution is -2.05. The lowest BCUT2D eigenvalue weighted by Gasteiger charge is -2.09. The van der Waals surface area contributed by atoms with Crippen molar-refractivity contribution in [2.45, 2.75) is 13.1 Å². The molecular weight excluding hydrogens is 439 g/mol. The molecule has 5 rings (SSSR count). The van der Waals surface area contributed by atoms with Crippen molar-refractivity contribution in [1.82, 2.24) is 19.7 Å². The van der Waals surface area contributed by atoms with E-state index in [4.69, 9.17) is 22.3 Å². The van der Waals surface area contributed by atoms with Crippen molar-refractivity contribution in [3.05, 3.63) is 101 Å². The van der Waals surface area contributed by atoms with Gasteiger partial charge in [0.05, 0.1) is 17.6 Å². The second-order valence-corrected chi connectivity index (χ2v) is 8.05. The number of nitrogen functional groups attached to an aromatic ring is 1. The number of fused-ring (bicyclic) bond motifs is 1. The van der Waals surface area contributed by atoms with E-state index in [1.807, 2.05) is 48.5 Å². The molecule has 0 unspecified atom stereocenters. The van der Waals surface area contributed by atoms with Crippen molar-refractivity contribution in [2.75, 3.05) is 11.1 Å². The Bertz CT molecular complexity index is 1420. The van der Waals surface area contributed by atoms with Gasteiger partial charge in [0.2, 0.25) is 5.95 Å². The van der Waals surface area contributed by atoms with E-state index in [2.05, 4.69) is 15.4 Å². The Morgan fingerprint density at radius 1 is 0.909 bits per heavy atom. The second-order valence-electron chi connectivity index (χ2n) is 7.61. The van der Waals surface area contributed by atoms with Crippen molar-refractivity contribution in [3.8, 4) is 11.3 Å². The minimum absolute atomic E-state index is 0.292. The van der Waals surface area contributed by atoms with Gasteiger partial charge in [0.15, 0.2) is 5.65 Å². The van der Waals surface area contributed by atoms with Crippen molar-refractivity contribution < 1.29 is 4.39 Å². The summed E-state index contributed by atoms with van der Waals surface area (Å²) in [4.78, 5) is 9.31. The van der Waals surface area contributed by atoms with E-state index in [0.29, 0.717) is 46.6 Å². The maximum Gasteiger partial charge on any atom is 0.225 e. The minimum Gasteiger partial charge on any atom is -0.383 e. The van der Waals surface area contributed by atoms with Crippen LogP contribution in [0.5, 0.6) is 0 Å². The summed E-state index contributed by atoms with van der Waals surface area (Å²) in [5, 5.41) is 9.13. The SMILES string of the molecule is Nc1c2c(-c3ccc(Cl)cc3)nc(NCc3cccc(F)c3)nc2nn1Cc1ccccc1. The first-order valence-corrected chi connectivity index (χ1v) is 10.8. The Balaban J connectivity index is 1.57. The molecule has 0 radical (unpaired) electrons. The molecule has 0 aliphatic rings. The van der Waals surface area contributed by atoms with Crippen LogP contribution in [0.25, 0.3) is 22.3 Å². The molecule has 8 heteroatoms. The van der Waals surface area contributed by atoms with Crippen molar-refractivity contribution in [1.29, 1.82) is 0 Å². The molecule has 33 heavy (non-hydrogen) atoms. The summed E-state index contributed by atoms with van der Waals surface area (Å²) in [6.07, 6.45) is 0. The Hall–Kier alpha value is -3.97. The van der Waals surface area contributed by atoms with Gasteiger partial charge in [-0.15, -0.1) is 5.10 Å². The van der Waals surface area contributed by atoms with Crippen LogP contribution in [0.2, 0.25) is 5.02 Å². The molecule has 6 nitrogen and oxygen atoms in total. The molecule has 3 aromatic carbocycles. The van der Waals surface area contributed by atoms with Crippen LogP contribution in [-0.4, -0.2) is 19.7 Å². The Morgan fingerprint density at radius 2 is 1.67 bits per heavy atom. The number of nitrogens with one attached hydrogen (secondary N) is 1. The van der Waals surface area contributed by atoms with Gasteiger partial charge >= 0.3 is 0 Å². The molecule has 3 N–H and O–H groups in total. The van der Waals surface area contributed by atoms with Gasteiger partial charge in [-0.2, -0.15) is 4.98 Å². The highest BCUT2D eigenvalue weighted by atomic mass is 35.5. The van der Waals surface area contributed by atoms with Gasteiger partial charge in [0.1, 0.15) is 11.6 Å². The zero-order valence-corrected chi connectivity index (χ0v) is 18.3. The first-order valence-electron chi connectivity index (χ1n) is 10.4. The quantitative estimate of drug-likeness (QED) is 0.349. The number of hydrogen-bond donors (Lipinski definition) is 2. The van der Waals surface area contributed by atoms with Crippen LogP contribution in [0.1, 0.15) is 11.1 Å². The Labute approximate surface area is 194 Å². The largest absolute Gasteiger partial charge is 0.383 e. The molecular formula is C25H20ClFN6. The van der Waals surface area contributed by atoms with E-state index >= 15 is 0 Å². The van der Waals surface area contributed by atoms with Crippen LogP contribution >= 0.6 is 11.6 Å². The van der Waals surface area contributed by atoms with Crippen LogP contribution in [0.4, 0.5) is 16.2 Å². The number of halogens is 2. The van der Waals surface area contributed by atoms with Gasteiger partial charge < -0.3 is 11.1 Å². The van der Waals surface area contributed by atoms with Crippen LogP contribution in [0, 0.1) is 5.82 Å². The maximum atomic E-state index is 13.5. The van der Waals surface area contributed by atoms with E-state index in [0.717, 1.165) is 16.7 Å². The summed E-state index contributed by atoms with van der Waals surface area (Å²) in [5.74, 6) is 0.566. The van der Waals surface area contributed by atoms with Crippen LogP contribution in [0.3, 0.4) is 0 Å². The molecule has 164 valence electrons. The van der Waals surface area contributed by atoms with Crippen LogP contribution in [-0.2, 0) is 13.1 Å². The maximum absolute atomic E-state index is 13.5. The Morgan fingerprint density at radius 3 is 2.42 bits per heavy atom. The highest BCUT2D eigenvalue weighted by Gasteiger charge is 2.18. The summed E-state index contributed by atoms with van der Waals surface area (Å²) < 4.78 is 15.3. The first-order chi connectivity index (χ1) is 16.1. The van der Waals surface area contributed by atoms with Crippen molar-refractivity contribution in [3.63, 3.8) is 0 Å². The van der Waals surface area contributed by atoms with E-state index in [1.54, 1.807) is 22.9 Å². The summed E-state index contributed by atoms with van der Waals surface area (Å²) in [6, 6.07) is 23.7. The molecule has 2 heterocycles. The van der Waals surface area contributed by atoms with Gasteiger partial charge in [-0.3, -0.25) is 0 Å². The van der Waals surface area contributed by atoms with Gasteiger partial charge in [-0.05, 0) is 35.4 Å². The number of nitrogens with two attached hydrogens (primary N) is 1. The molecule has 0 atom stereocenters. The standard InChI is InChI=1S/C25H20ClFN6/c26-19-11-9-18(10-12-19)22-21-23(28)33(15-16-5-2-1-3-6-16)32-24(21)31-25(30-22)29-14-17-7-4-8-20(27)13-17/h1-13H,14-15,28H2,(H,29,31,32). The molecule has 5 aromatic rings. The van der Waals surface area contributed by atoms with Gasteiger partial charge in [-0.1, -0.05) is 66.2 Å². The lowest BCUT2D eigenvalue weighted by atomic mass is 10.1. The molecule has 0 aliphatic carbocycles. The molecule has 0 saturated heterocycles. The summed E-state index contributed by atoms with van der Waals surface area (Å²) >= 11 is 6.09. The van der Waals surface area contributed by atoms with E-state index in [9.17, 15) is 4.39 Å². The summed E-state index contributed by atoms with van der Waals surface area (Å²) in [5.41, 5.74) is 10.3. The third-order valence-electron chi connectivity index (χ3n) is 5.27. The first kappa shape index (κ1) is 20.9. The normalized spacial score (nSPS) is 11.1. The number of aromatic nitrogens is 4. The number of rotatable bonds is 6. The van der Waals surface area contributed by atoms with Crippen LogP contribution < -0.4 is 11.1 Å². The van der Waals surface area contributed by atoms with Gasteiger partial charge in [0, 0.05) is 17.1 Å². The average Bonchev–Trinajstić information content (AvgIpc) is 3.13. The fourth-order valence-corrected chi connectivity index (χ4v) is 3.78. The molecule has 0 fully saturated rings. The molecule has 0 amide bonds. The number of hydrogen-bond acceptors (Lipinski definition) is 5. The lowest BCUT2D eigenvalue weighted by molar-refractivity contribution is 0.626. The van der Waals surface area contributed by atoms with Crippen molar-refractivity contribution >= 4 is 34.4 Å². The molecule has 2 aromatic heterocycles. The molecule has 0 bridgehead atoms. The zero-order valence-electron chi connectivity index (χ0n) is 17.5. The van der Waals surface area contributed by atoms with Gasteiger partial charge in [-0.25, -0.2) is 14.1 Å². The predicted octanol–water partition coefficient (Wildman–Crippen LogP) is 5.53. The van der Waals surface area contributed by atoms with E-state index in [1.165, 1.54) is 12.1 Å². The molecule has 0 spiro atoms. The van der Waals surface area contributed by atoms with Crippen LogP contribution in [0.15, 0.2) is 78.9 Å². The second kappa shape index (κ2) is 8.88. The number of anilines is 2. The number of benzene rings is 3. The highest BCUT2D eigenvalue weighted by Crippen LogP contribution is 2.32. The van der Waals surface area contributed by atoms with Crippen molar-refractivity contribution in [2.24, 2.45) is 0 Å². The molecule has 0 saturated carbocycles. The number of nitrogens with zero attached hydrogens (tertiary/aromatic N) is 4. The third kappa shape index (κ3) is 4.49. The summed E-state index contributed by atoms with van der Waals surface area (Å²) in [6.45, 7) is 0.874. The fourth-order valence-electron chi connectivity index (χ4n) is 3.66. The zero-order chi connectivity index (χ0) is 22.8.